The molecule has 128 valence electrons. The number of carbonyl (C=O) groups is 1. The van der Waals surface area contributed by atoms with Crippen LogP contribution >= 0.6 is 0 Å². The highest BCUT2D eigenvalue weighted by atomic mass is 16.5. The maximum absolute atomic E-state index is 13.0. The van der Waals surface area contributed by atoms with Crippen molar-refractivity contribution < 1.29 is 14.6 Å². The summed E-state index contributed by atoms with van der Waals surface area (Å²) in [5.74, 6) is 0.627. The van der Waals surface area contributed by atoms with E-state index < -0.39 is 0 Å². The number of hydrogen-bond acceptors (Lipinski definition) is 3. The standard InChI is InChI=1S/C21H21NO3/c1-25-20-9-5-4-8-19(20)15-22(12-13-23)21(24)18-11-10-16-6-2-3-7-17(16)14-18/h2-11,14,23H,12-13,15H2,1H3. The SMILES string of the molecule is COc1ccccc1CN(CCO)C(=O)c1ccc2ccccc2c1. The van der Waals surface area contributed by atoms with E-state index in [-0.39, 0.29) is 19.1 Å². The first kappa shape index (κ1) is 17.0. The Balaban J connectivity index is 1.89. The van der Waals surface area contributed by atoms with Crippen LogP contribution in [0.2, 0.25) is 0 Å². The molecule has 0 bridgehead atoms. The molecule has 0 saturated heterocycles. The van der Waals surface area contributed by atoms with Crippen LogP contribution in [0.15, 0.2) is 66.7 Å². The smallest absolute Gasteiger partial charge is 0.254 e. The summed E-state index contributed by atoms with van der Waals surface area (Å²) >= 11 is 0. The van der Waals surface area contributed by atoms with Crippen LogP contribution in [0.4, 0.5) is 0 Å². The number of benzene rings is 3. The van der Waals surface area contributed by atoms with Gasteiger partial charge in [-0.05, 0) is 29.0 Å². The fourth-order valence-corrected chi connectivity index (χ4v) is 2.92. The first-order valence-electron chi connectivity index (χ1n) is 8.24. The van der Waals surface area contributed by atoms with Crippen LogP contribution in [-0.2, 0) is 6.54 Å². The molecule has 0 spiro atoms. The number of hydrogen-bond donors (Lipinski definition) is 1. The van der Waals surface area contributed by atoms with Crippen molar-refractivity contribution in [1.29, 1.82) is 0 Å². The van der Waals surface area contributed by atoms with E-state index in [1.807, 2.05) is 66.7 Å². The molecule has 0 aliphatic heterocycles. The van der Waals surface area contributed by atoms with Gasteiger partial charge < -0.3 is 14.7 Å². The average Bonchev–Trinajstić information content (AvgIpc) is 2.67. The zero-order valence-electron chi connectivity index (χ0n) is 14.2. The molecule has 0 aliphatic carbocycles. The van der Waals surface area contributed by atoms with Gasteiger partial charge in [0.1, 0.15) is 5.75 Å². The Kier molecular flexibility index (Phi) is 5.31. The number of fused-ring (bicyclic) bond motifs is 1. The summed E-state index contributed by atoms with van der Waals surface area (Å²) in [6, 6.07) is 21.2. The number of carbonyl (C=O) groups excluding carboxylic acids is 1. The van der Waals surface area contributed by atoms with Gasteiger partial charge in [-0.2, -0.15) is 0 Å². The molecule has 4 nitrogen and oxygen atoms in total. The zero-order chi connectivity index (χ0) is 17.6. The highest BCUT2D eigenvalue weighted by Gasteiger charge is 2.17. The Morgan fingerprint density at radius 3 is 2.48 bits per heavy atom. The predicted molar refractivity (Wildman–Crippen MR) is 98.8 cm³/mol. The van der Waals surface area contributed by atoms with Crippen LogP contribution in [0.1, 0.15) is 15.9 Å². The van der Waals surface area contributed by atoms with Crippen LogP contribution in [0.3, 0.4) is 0 Å². The average molecular weight is 335 g/mol. The molecule has 0 unspecified atom stereocenters. The van der Waals surface area contributed by atoms with Gasteiger partial charge in [-0.15, -0.1) is 0 Å². The Morgan fingerprint density at radius 1 is 1.00 bits per heavy atom. The molecule has 4 heteroatoms. The van der Waals surface area contributed by atoms with Gasteiger partial charge in [0.25, 0.3) is 5.91 Å². The first-order chi connectivity index (χ1) is 12.2. The highest BCUT2D eigenvalue weighted by molar-refractivity contribution is 5.98. The largest absolute Gasteiger partial charge is 0.496 e. The Hall–Kier alpha value is -2.85. The van der Waals surface area contributed by atoms with E-state index in [0.717, 1.165) is 22.1 Å². The topological polar surface area (TPSA) is 49.8 Å². The summed E-state index contributed by atoms with van der Waals surface area (Å²) in [4.78, 5) is 14.6. The predicted octanol–water partition coefficient (Wildman–Crippen LogP) is 3.48. The van der Waals surface area contributed by atoms with Crippen LogP contribution < -0.4 is 4.74 Å². The van der Waals surface area contributed by atoms with Gasteiger partial charge >= 0.3 is 0 Å². The maximum atomic E-state index is 13.0. The summed E-state index contributed by atoms with van der Waals surface area (Å²) in [6.45, 7) is 0.564. The molecule has 3 rings (SSSR count). The van der Waals surface area contributed by atoms with Crippen molar-refractivity contribution in [3.63, 3.8) is 0 Å². The number of aliphatic hydroxyl groups excluding tert-OH is 1. The lowest BCUT2D eigenvalue weighted by Gasteiger charge is -2.23. The zero-order valence-corrected chi connectivity index (χ0v) is 14.2. The van der Waals surface area contributed by atoms with Crippen molar-refractivity contribution in [3.8, 4) is 5.75 Å². The summed E-state index contributed by atoms with van der Waals surface area (Å²) in [5.41, 5.74) is 1.52. The molecule has 1 N–H and O–H groups in total. The van der Waals surface area contributed by atoms with Crippen molar-refractivity contribution >= 4 is 16.7 Å². The minimum atomic E-state index is -0.106. The van der Waals surface area contributed by atoms with Crippen LogP contribution in [0.25, 0.3) is 10.8 Å². The molecule has 3 aromatic rings. The lowest BCUT2D eigenvalue weighted by Crippen LogP contribution is -2.33. The first-order valence-corrected chi connectivity index (χ1v) is 8.24. The second-order valence-electron chi connectivity index (χ2n) is 5.82. The van der Waals surface area contributed by atoms with E-state index in [2.05, 4.69) is 0 Å². The summed E-state index contributed by atoms with van der Waals surface area (Å²) in [5, 5.41) is 11.5. The molecule has 1 amide bonds. The third-order valence-corrected chi connectivity index (χ3v) is 4.21. The van der Waals surface area contributed by atoms with Gasteiger partial charge in [-0.1, -0.05) is 48.5 Å². The van der Waals surface area contributed by atoms with Crippen molar-refractivity contribution in [2.24, 2.45) is 0 Å². The minimum Gasteiger partial charge on any atom is -0.496 e. The van der Waals surface area contributed by atoms with E-state index in [0.29, 0.717) is 12.1 Å². The fraction of sp³-hybridized carbons (Fsp3) is 0.190. The Morgan fingerprint density at radius 2 is 1.72 bits per heavy atom. The van der Waals surface area contributed by atoms with Crippen LogP contribution in [0.5, 0.6) is 5.75 Å². The van der Waals surface area contributed by atoms with Gasteiger partial charge in [-0.3, -0.25) is 4.79 Å². The van der Waals surface area contributed by atoms with E-state index in [9.17, 15) is 9.90 Å². The number of methoxy groups -OCH3 is 1. The van der Waals surface area contributed by atoms with Gasteiger partial charge in [0.15, 0.2) is 0 Å². The third-order valence-electron chi connectivity index (χ3n) is 4.21. The number of nitrogens with zero attached hydrogens (tertiary/aromatic N) is 1. The molecular formula is C21H21NO3. The Bertz CT molecular complexity index is 876. The number of ether oxygens (including phenoxy) is 1. The molecule has 0 radical (unpaired) electrons. The molecule has 0 saturated carbocycles. The van der Waals surface area contributed by atoms with Gasteiger partial charge in [0.05, 0.1) is 13.7 Å². The molecule has 0 heterocycles. The lowest BCUT2D eigenvalue weighted by molar-refractivity contribution is 0.0707. The Labute approximate surface area is 147 Å². The molecule has 0 fully saturated rings. The van der Waals surface area contributed by atoms with E-state index in [1.165, 1.54) is 0 Å². The molecule has 3 aromatic carbocycles. The van der Waals surface area contributed by atoms with E-state index in [4.69, 9.17) is 4.74 Å². The lowest BCUT2D eigenvalue weighted by atomic mass is 10.1. The number of amides is 1. The normalized spacial score (nSPS) is 10.6. The monoisotopic (exact) mass is 335 g/mol. The van der Waals surface area contributed by atoms with Crippen molar-refractivity contribution in [1.82, 2.24) is 4.90 Å². The van der Waals surface area contributed by atoms with Crippen LogP contribution in [0, 0.1) is 0 Å². The van der Waals surface area contributed by atoms with Crippen molar-refractivity contribution in [3.05, 3.63) is 77.9 Å². The quantitative estimate of drug-likeness (QED) is 0.750. The molecular weight excluding hydrogens is 314 g/mol. The van der Waals surface area contributed by atoms with Crippen molar-refractivity contribution in [2.75, 3.05) is 20.3 Å². The summed E-state index contributed by atoms with van der Waals surface area (Å²) in [7, 11) is 1.61. The number of aliphatic hydroxyl groups is 1. The summed E-state index contributed by atoms with van der Waals surface area (Å²) < 4.78 is 5.37. The van der Waals surface area contributed by atoms with Crippen molar-refractivity contribution in [2.45, 2.75) is 6.54 Å². The second kappa shape index (κ2) is 7.81. The number of para-hydroxylation sites is 1. The molecule has 25 heavy (non-hydrogen) atoms. The minimum absolute atomic E-state index is 0.0888. The van der Waals surface area contributed by atoms with Gasteiger partial charge in [-0.25, -0.2) is 0 Å². The van der Waals surface area contributed by atoms with Gasteiger partial charge in [0, 0.05) is 24.2 Å². The molecule has 0 aliphatic rings. The second-order valence-corrected chi connectivity index (χ2v) is 5.82. The van der Waals surface area contributed by atoms with E-state index in [1.54, 1.807) is 12.0 Å². The van der Waals surface area contributed by atoms with Gasteiger partial charge in [0.2, 0.25) is 0 Å². The van der Waals surface area contributed by atoms with E-state index >= 15 is 0 Å². The maximum Gasteiger partial charge on any atom is 0.254 e. The third kappa shape index (κ3) is 3.80. The molecule has 0 aromatic heterocycles. The van der Waals surface area contributed by atoms with Crippen LogP contribution in [-0.4, -0.2) is 36.2 Å². The highest BCUT2D eigenvalue weighted by Crippen LogP contribution is 2.21. The summed E-state index contributed by atoms with van der Waals surface area (Å²) in [6.07, 6.45) is 0. The molecule has 0 atom stereocenters. The fourth-order valence-electron chi connectivity index (χ4n) is 2.92. The number of rotatable bonds is 6.